The zero-order valence-corrected chi connectivity index (χ0v) is 14.3. The summed E-state index contributed by atoms with van der Waals surface area (Å²) < 4.78 is 10.0. The van der Waals surface area contributed by atoms with Crippen molar-refractivity contribution in [3.63, 3.8) is 0 Å². The minimum absolute atomic E-state index is 0.107. The summed E-state index contributed by atoms with van der Waals surface area (Å²) in [6.45, 7) is 2.96. The van der Waals surface area contributed by atoms with Gasteiger partial charge in [-0.2, -0.15) is 0 Å². The second kappa shape index (κ2) is 9.04. The van der Waals surface area contributed by atoms with Gasteiger partial charge in [-0.05, 0) is 38.3 Å². The number of hydrogen-bond donors (Lipinski definition) is 2. The highest BCUT2D eigenvalue weighted by molar-refractivity contribution is 7.98. The van der Waals surface area contributed by atoms with Gasteiger partial charge in [0.25, 0.3) is 5.91 Å². The van der Waals surface area contributed by atoms with E-state index in [0.29, 0.717) is 5.75 Å². The first-order chi connectivity index (χ1) is 10.9. The third kappa shape index (κ3) is 6.19. The summed E-state index contributed by atoms with van der Waals surface area (Å²) in [6, 6.07) is 4.28. The van der Waals surface area contributed by atoms with Gasteiger partial charge in [0.1, 0.15) is 11.3 Å². The van der Waals surface area contributed by atoms with E-state index in [2.05, 4.69) is 10.6 Å². The van der Waals surface area contributed by atoms with Crippen LogP contribution in [0, 0.1) is 0 Å². The molecule has 0 bridgehead atoms. The SMILES string of the molecule is COc1cc(SC)ccc1C(=O)OCC(=O)NC(=O)NC(C)C. The zero-order valence-electron chi connectivity index (χ0n) is 13.5. The summed E-state index contributed by atoms with van der Waals surface area (Å²) in [6.07, 6.45) is 1.90. The number of hydrogen-bond acceptors (Lipinski definition) is 6. The molecular weight excluding hydrogens is 320 g/mol. The Labute approximate surface area is 139 Å². The molecule has 2 N–H and O–H groups in total. The topological polar surface area (TPSA) is 93.7 Å². The number of ether oxygens (including phenoxy) is 2. The molecule has 1 rings (SSSR count). The van der Waals surface area contributed by atoms with Gasteiger partial charge in [-0.25, -0.2) is 9.59 Å². The van der Waals surface area contributed by atoms with Gasteiger partial charge in [0.15, 0.2) is 6.61 Å². The molecule has 0 atom stereocenters. The summed E-state index contributed by atoms with van der Waals surface area (Å²) in [7, 11) is 1.44. The molecule has 0 saturated heterocycles. The first-order valence-electron chi connectivity index (χ1n) is 6.86. The summed E-state index contributed by atoms with van der Waals surface area (Å²) in [5.41, 5.74) is 0.213. The van der Waals surface area contributed by atoms with Gasteiger partial charge in [0, 0.05) is 10.9 Å². The van der Waals surface area contributed by atoms with Crippen LogP contribution in [0.4, 0.5) is 4.79 Å². The summed E-state index contributed by atoms with van der Waals surface area (Å²) in [5, 5.41) is 4.55. The molecule has 0 saturated carbocycles. The Bertz CT molecular complexity index is 589. The average Bonchev–Trinajstić information content (AvgIpc) is 2.50. The van der Waals surface area contributed by atoms with Gasteiger partial charge < -0.3 is 14.8 Å². The molecule has 0 unspecified atom stereocenters. The number of methoxy groups -OCH3 is 1. The molecule has 0 fully saturated rings. The average molecular weight is 340 g/mol. The van der Waals surface area contributed by atoms with E-state index in [9.17, 15) is 14.4 Å². The Kier molecular flexibility index (Phi) is 7.40. The number of carbonyl (C=O) groups excluding carboxylic acids is 3. The minimum Gasteiger partial charge on any atom is -0.496 e. The van der Waals surface area contributed by atoms with E-state index in [1.807, 2.05) is 6.26 Å². The van der Waals surface area contributed by atoms with Crippen molar-refractivity contribution in [2.45, 2.75) is 24.8 Å². The summed E-state index contributed by atoms with van der Waals surface area (Å²) in [5.74, 6) is -1.05. The Balaban J connectivity index is 2.60. The van der Waals surface area contributed by atoms with E-state index >= 15 is 0 Å². The second-order valence-corrected chi connectivity index (χ2v) is 5.70. The standard InChI is InChI=1S/C15H20N2O5S/c1-9(2)16-15(20)17-13(18)8-22-14(19)11-6-5-10(23-4)7-12(11)21-3/h5-7,9H,8H2,1-4H3,(H2,16,17,18,20). The first kappa shape index (κ1) is 18.8. The normalized spacial score (nSPS) is 10.1. The van der Waals surface area contributed by atoms with Crippen molar-refractivity contribution in [1.82, 2.24) is 10.6 Å². The fourth-order valence-corrected chi connectivity index (χ4v) is 2.07. The van der Waals surface area contributed by atoms with Gasteiger partial charge in [0.05, 0.1) is 7.11 Å². The van der Waals surface area contributed by atoms with Crippen molar-refractivity contribution in [2.24, 2.45) is 0 Å². The van der Waals surface area contributed by atoms with Crippen LogP contribution in [0.5, 0.6) is 5.75 Å². The zero-order chi connectivity index (χ0) is 17.4. The van der Waals surface area contributed by atoms with Crippen LogP contribution >= 0.6 is 11.8 Å². The Morgan fingerprint density at radius 2 is 1.96 bits per heavy atom. The fraction of sp³-hybridized carbons (Fsp3) is 0.400. The number of thioether (sulfide) groups is 1. The molecular formula is C15H20N2O5S. The van der Waals surface area contributed by atoms with Crippen molar-refractivity contribution in [3.8, 4) is 5.75 Å². The molecule has 1 aromatic rings. The van der Waals surface area contributed by atoms with E-state index < -0.39 is 24.5 Å². The lowest BCUT2D eigenvalue weighted by molar-refractivity contribution is -0.123. The van der Waals surface area contributed by atoms with E-state index in [4.69, 9.17) is 9.47 Å². The van der Waals surface area contributed by atoms with Crippen LogP contribution in [0.25, 0.3) is 0 Å². The van der Waals surface area contributed by atoms with E-state index in [1.54, 1.807) is 32.0 Å². The van der Waals surface area contributed by atoms with Gasteiger partial charge in [-0.3, -0.25) is 10.1 Å². The molecule has 0 aliphatic heterocycles. The van der Waals surface area contributed by atoms with Crippen LogP contribution in [0.3, 0.4) is 0 Å². The van der Waals surface area contributed by atoms with Gasteiger partial charge in [-0.1, -0.05) is 0 Å². The van der Waals surface area contributed by atoms with Crippen molar-refractivity contribution in [2.75, 3.05) is 20.0 Å². The monoisotopic (exact) mass is 340 g/mol. The van der Waals surface area contributed by atoms with Crippen molar-refractivity contribution < 1.29 is 23.9 Å². The lowest BCUT2D eigenvalue weighted by Crippen LogP contribution is -2.44. The lowest BCUT2D eigenvalue weighted by atomic mass is 10.2. The van der Waals surface area contributed by atoms with Gasteiger partial charge >= 0.3 is 12.0 Å². The van der Waals surface area contributed by atoms with Crippen LogP contribution in [0.2, 0.25) is 0 Å². The number of benzene rings is 1. The van der Waals surface area contributed by atoms with Crippen LogP contribution < -0.4 is 15.4 Å². The molecule has 126 valence electrons. The Morgan fingerprint density at radius 3 is 2.52 bits per heavy atom. The molecule has 0 aliphatic rings. The first-order valence-corrected chi connectivity index (χ1v) is 8.09. The molecule has 0 radical (unpaired) electrons. The predicted octanol–water partition coefficient (Wildman–Crippen LogP) is 1.81. The van der Waals surface area contributed by atoms with Gasteiger partial charge in [0.2, 0.25) is 0 Å². The molecule has 0 spiro atoms. The number of carbonyl (C=O) groups is 3. The van der Waals surface area contributed by atoms with Crippen molar-refractivity contribution >= 4 is 29.7 Å². The fourth-order valence-electron chi connectivity index (χ4n) is 1.64. The van der Waals surface area contributed by atoms with E-state index in [0.717, 1.165) is 4.90 Å². The highest BCUT2D eigenvalue weighted by Gasteiger charge is 2.17. The number of amides is 3. The number of esters is 1. The molecule has 1 aromatic carbocycles. The lowest BCUT2D eigenvalue weighted by Gasteiger charge is -2.11. The van der Waals surface area contributed by atoms with Crippen LogP contribution in [0.15, 0.2) is 23.1 Å². The Hall–Kier alpha value is -2.22. The van der Waals surface area contributed by atoms with E-state index in [1.165, 1.54) is 18.9 Å². The molecule has 7 nitrogen and oxygen atoms in total. The molecule has 0 heterocycles. The van der Waals surface area contributed by atoms with Gasteiger partial charge in [-0.15, -0.1) is 11.8 Å². The number of rotatable bonds is 6. The van der Waals surface area contributed by atoms with Crippen LogP contribution in [-0.2, 0) is 9.53 Å². The summed E-state index contributed by atoms with van der Waals surface area (Å²) in [4.78, 5) is 35.8. The number of urea groups is 1. The van der Waals surface area contributed by atoms with Crippen molar-refractivity contribution in [1.29, 1.82) is 0 Å². The third-order valence-corrected chi connectivity index (χ3v) is 3.36. The van der Waals surface area contributed by atoms with Crippen LogP contribution in [0.1, 0.15) is 24.2 Å². The van der Waals surface area contributed by atoms with Crippen molar-refractivity contribution in [3.05, 3.63) is 23.8 Å². The molecule has 0 aliphatic carbocycles. The highest BCUT2D eigenvalue weighted by Crippen LogP contribution is 2.25. The predicted molar refractivity (Wildman–Crippen MR) is 86.9 cm³/mol. The number of nitrogens with one attached hydrogen (secondary N) is 2. The summed E-state index contributed by atoms with van der Waals surface area (Å²) >= 11 is 1.51. The second-order valence-electron chi connectivity index (χ2n) is 4.82. The smallest absolute Gasteiger partial charge is 0.342 e. The molecule has 3 amide bonds. The van der Waals surface area contributed by atoms with Crippen LogP contribution in [-0.4, -0.2) is 43.9 Å². The highest BCUT2D eigenvalue weighted by atomic mass is 32.2. The molecule has 23 heavy (non-hydrogen) atoms. The van der Waals surface area contributed by atoms with E-state index in [-0.39, 0.29) is 11.6 Å². The Morgan fingerprint density at radius 1 is 1.26 bits per heavy atom. The number of imide groups is 1. The maximum atomic E-state index is 12.0. The molecule has 8 heteroatoms. The maximum absolute atomic E-state index is 12.0. The third-order valence-electron chi connectivity index (χ3n) is 2.64. The molecule has 0 aromatic heterocycles. The minimum atomic E-state index is -0.712. The quantitative estimate of drug-likeness (QED) is 0.606. The largest absolute Gasteiger partial charge is 0.496 e. The maximum Gasteiger partial charge on any atom is 0.342 e.